The van der Waals surface area contributed by atoms with Gasteiger partial charge in [-0.25, -0.2) is 18.5 Å². The lowest BCUT2D eigenvalue weighted by atomic mass is 10.2. The Balaban J connectivity index is 2.27. The van der Waals surface area contributed by atoms with Gasteiger partial charge in [0.1, 0.15) is 11.6 Å². The molecule has 0 aromatic heterocycles. The summed E-state index contributed by atoms with van der Waals surface area (Å²) in [7, 11) is 0. The molecule has 3 nitrogen and oxygen atoms in total. The van der Waals surface area contributed by atoms with Crippen LogP contribution in [0.3, 0.4) is 0 Å². The first kappa shape index (κ1) is 16.9. The number of para-hydroxylation sites is 1. The Kier molecular flexibility index (Phi) is 6.09. The Morgan fingerprint density at radius 2 is 1.83 bits per heavy atom. The smallest absolute Gasteiger partial charge is 0.419 e. The van der Waals surface area contributed by atoms with Gasteiger partial charge in [-0.1, -0.05) is 38.0 Å². The molecule has 0 fully saturated rings. The second-order valence-electron chi connectivity index (χ2n) is 5.09. The van der Waals surface area contributed by atoms with Crippen LogP contribution < -0.4 is 4.90 Å². The second kappa shape index (κ2) is 8.27. The highest BCUT2D eigenvalue weighted by atomic mass is 19.1. The first-order valence-electron chi connectivity index (χ1n) is 7.60. The largest absolute Gasteiger partial charge is 0.449 e. The molecule has 0 saturated heterocycles. The van der Waals surface area contributed by atoms with Crippen molar-refractivity contribution in [2.75, 3.05) is 11.5 Å². The normalized spacial score (nSPS) is 10.4. The van der Waals surface area contributed by atoms with Crippen LogP contribution in [0.4, 0.5) is 25.0 Å². The SMILES string of the molecule is CCCCCOC(=O)N(c1ccccc1)c1ccc(F)cc1F. The molecule has 122 valence electrons. The Hall–Kier alpha value is -2.43. The average Bonchev–Trinajstić information content (AvgIpc) is 2.55. The molecule has 2 rings (SSSR count). The third-order valence-electron chi connectivity index (χ3n) is 3.32. The highest BCUT2D eigenvalue weighted by Gasteiger charge is 2.22. The number of halogens is 2. The summed E-state index contributed by atoms with van der Waals surface area (Å²) in [5.41, 5.74) is 0.414. The minimum atomic E-state index is -0.820. The number of benzene rings is 2. The molecule has 0 radical (unpaired) electrons. The van der Waals surface area contributed by atoms with Crippen molar-refractivity contribution in [2.24, 2.45) is 0 Å². The number of hydrogen-bond donors (Lipinski definition) is 0. The van der Waals surface area contributed by atoms with Crippen LogP contribution in [0.25, 0.3) is 0 Å². The zero-order chi connectivity index (χ0) is 16.7. The van der Waals surface area contributed by atoms with Gasteiger partial charge in [0, 0.05) is 6.07 Å². The molecule has 0 N–H and O–H groups in total. The lowest BCUT2D eigenvalue weighted by Gasteiger charge is -2.22. The number of unbranched alkanes of at least 4 members (excludes halogenated alkanes) is 2. The highest BCUT2D eigenvalue weighted by molar-refractivity contribution is 5.96. The Bertz CT molecular complexity index is 647. The summed E-state index contributed by atoms with van der Waals surface area (Å²) in [5.74, 6) is -1.52. The van der Waals surface area contributed by atoms with Gasteiger partial charge in [-0.15, -0.1) is 0 Å². The van der Waals surface area contributed by atoms with Gasteiger partial charge in [0.05, 0.1) is 18.0 Å². The van der Waals surface area contributed by atoms with Gasteiger partial charge in [-0.2, -0.15) is 0 Å². The molecule has 0 aliphatic carbocycles. The highest BCUT2D eigenvalue weighted by Crippen LogP contribution is 2.29. The fourth-order valence-electron chi connectivity index (χ4n) is 2.16. The van der Waals surface area contributed by atoms with E-state index in [0.29, 0.717) is 5.69 Å². The molecule has 0 atom stereocenters. The quantitative estimate of drug-likeness (QED) is 0.664. The van der Waals surface area contributed by atoms with E-state index in [1.807, 2.05) is 6.92 Å². The van der Waals surface area contributed by atoms with Gasteiger partial charge in [0.25, 0.3) is 0 Å². The lowest BCUT2D eigenvalue weighted by Crippen LogP contribution is -2.28. The van der Waals surface area contributed by atoms with Crippen molar-refractivity contribution in [2.45, 2.75) is 26.2 Å². The van der Waals surface area contributed by atoms with Gasteiger partial charge < -0.3 is 4.74 Å². The third kappa shape index (κ3) is 4.52. The van der Waals surface area contributed by atoms with Crippen molar-refractivity contribution in [3.63, 3.8) is 0 Å². The molecule has 0 spiro atoms. The van der Waals surface area contributed by atoms with Crippen molar-refractivity contribution in [1.29, 1.82) is 0 Å². The van der Waals surface area contributed by atoms with E-state index >= 15 is 0 Å². The molecule has 0 aliphatic heterocycles. The minimum Gasteiger partial charge on any atom is -0.449 e. The topological polar surface area (TPSA) is 29.5 Å². The maximum atomic E-state index is 14.1. The molecule has 0 unspecified atom stereocenters. The minimum absolute atomic E-state index is 0.0434. The first-order valence-corrected chi connectivity index (χ1v) is 7.60. The number of amides is 1. The van der Waals surface area contributed by atoms with Gasteiger partial charge in [-0.05, 0) is 30.7 Å². The van der Waals surface area contributed by atoms with Crippen molar-refractivity contribution >= 4 is 17.5 Å². The summed E-state index contributed by atoms with van der Waals surface area (Å²) in [5, 5.41) is 0. The van der Waals surface area contributed by atoms with E-state index in [1.54, 1.807) is 30.3 Å². The third-order valence-corrected chi connectivity index (χ3v) is 3.32. The molecule has 1 amide bonds. The monoisotopic (exact) mass is 319 g/mol. The number of nitrogens with zero attached hydrogens (tertiary/aromatic N) is 1. The molecule has 0 aliphatic rings. The van der Waals surface area contributed by atoms with Crippen LogP contribution in [0, 0.1) is 11.6 Å². The van der Waals surface area contributed by atoms with Crippen LogP contribution in [-0.2, 0) is 4.74 Å². The molecule has 0 bridgehead atoms. The molecular formula is C18H19F2NO2. The van der Waals surface area contributed by atoms with Gasteiger partial charge >= 0.3 is 6.09 Å². The summed E-state index contributed by atoms with van der Waals surface area (Å²) in [4.78, 5) is 13.5. The van der Waals surface area contributed by atoms with E-state index < -0.39 is 17.7 Å². The fourth-order valence-corrected chi connectivity index (χ4v) is 2.16. The molecule has 23 heavy (non-hydrogen) atoms. The maximum Gasteiger partial charge on any atom is 0.419 e. The molecule has 0 heterocycles. The van der Waals surface area contributed by atoms with Crippen LogP contribution >= 0.6 is 0 Å². The van der Waals surface area contributed by atoms with Crippen LogP contribution in [0.2, 0.25) is 0 Å². The predicted octanol–water partition coefficient (Wildman–Crippen LogP) is 5.43. The van der Waals surface area contributed by atoms with Crippen molar-refractivity contribution in [3.8, 4) is 0 Å². The van der Waals surface area contributed by atoms with Crippen LogP contribution in [0.1, 0.15) is 26.2 Å². The fraction of sp³-hybridized carbons (Fsp3) is 0.278. The second-order valence-corrected chi connectivity index (χ2v) is 5.09. The summed E-state index contributed by atoms with van der Waals surface area (Å²) in [6.45, 7) is 2.31. The van der Waals surface area contributed by atoms with Gasteiger partial charge in [-0.3, -0.25) is 0 Å². The van der Waals surface area contributed by atoms with Crippen molar-refractivity contribution < 1.29 is 18.3 Å². The van der Waals surface area contributed by atoms with Crippen LogP contribution in [0.5, 0.6) is 0 Å². The number of ether oxygens (including phenoxy) is 1. The molecule has 2 aromatic carbocycles. The summed E-state index contributed by atoms with van der Waals surface area (Å²) < 4.78 is 32.5. The van der Waals surface area contributed by atoms with Gasteiger partial charge in [0.15, 0.2) is 0 Å². The number of rotatable bonds is 6. The maximum absolute atomic E-state index is 14.1. The Labute approximate surface area is 134 Å². The van der Waals surface area contributed by atoms with E-state index in [2.05, 4.69) is 0 Å². The van der Waals surface area contributed by atoms with E-state index in [9.17, 15) is 13.6 Å². The zero-order valence-electron chi connectivity index (χ0n) is 13.0. The van der Waals surface area contributed by atoms with Crippen LogP contribution in [-0.4, -0.2) is 12.7 Å². The molecule has 5 heteroatoms. The molecule has 0 saturated carbocycles. The molecule has 2 aromatic rings. The average molecular weight is 319 g/mol. The Morgan fingerprint density at radius 1 is 1.09 bits per heavy atom. The van der Waals surface area contributed by atoms with E-state index in [0.717, 1.165) is 36.3 Å². The number of anilines is 2. The first-order chi connectivity index (χ1) is 11.1. The van der Waals surface area contributed by atoms with Gasteiger partial charge in [0.2, 0.25) is 0 Å². The Morgan fingerprint density at radius 3 is 2.48 bits per heavy atom. The van der Waals surface area contributed by atoms with E-state index in [4.69, 9.17) is 4.74 Å². The summed E-state index contributed by atoms with van der Waals surface area (Å²) >= 11 is 0. The van der Waals surface area contributed by atoms with E-state index in [1.165, 1.54) is 6.07 Å². The zero-order valence-corrected chi connectivity index (χ0v) is 13.0. The number of carbonyl (C=O) groups is 1. The standard InChI is InChI=1S/C18H19F2NO2/c1-2-3-7-12-23-18(22)21(15-8-5-4-6-9-15)17-11-10-14(19)13-16(17)20/h4-6,8-11,13H,2-3,7,12H2,1H3. The summed E-state index contributed by atoms with van der Waals surface area (Å²) in [6.07, 6.45) is 2.02. The van der Waals surface area contributed by atoms with Crippen LogP contribution in [0.15, 0.2) is 48.5 Å². The number of carbonyl (C=O) groups excluding carboxylic acids is 1. The lowest BCUT2D eigenvalue weighted by molar-refractivity contribution is 0.154. The predicted molar refractivity (Wildman–Crippen MR) is 85.8 cm³/mol. The van der Waals surface area contributed by atoms with E-state index in [-0.39, 0.29) is 12.3 Å². The summed E-state index contributed by atoms with van der Waals surface area (Å²) in [6, 6.07) is 11.7. The number of hydrogen-bond acceptors (Lipinski definition) is 2. The van der Waals surface area contributed by atoms with Crippen molar-refractivity contribution in [1.82, 2.24) is 0 Å². The van der Waals surface area contributed by atoms with Crippen molar-refractivity contribution in [3.05, 3.63) is 60.2 Å². The molecular weight excluding hydrogens is 300 g/mol.